The minimum atomic E-state index is -0.420. The van der Waals surface area contributed by atoms with Crippen LogP contribution in [-0.2, 0) is 9.53 Å². The van der Waals surface area contributed by atoms with Gasteiger partial charge < -0.3 is 20.3 Å². The molecule has 1 aromatic carbocycles. The van der Waals surface area contributed by atoms with Crippen LogP contribution in [0.15, 0.2) is 18.2 Å². The van der Waals surface area contributed by atoms with Crippen LogP contribution in [-0.4, -0.2) is 63.2 Å². The van der Waals surface area contributed by atoms with Crippen molar-refractivity contribution >= 4 is 35.0 Å². The summed E-state index contributed by atoms with van der Waals surface area (Å²) in [5.74, 6) is -0.218. The molecule has 0 radical (unpaired) electrons. The molecule has 8 heteroatoms. The highest BCUT2D eigenvalue weighted by atomic mass is 35.5. The molecule has 144 valence electrons. The molecule has 1 heterocycles. The van der Waals surface area contributed by atoms with Gasteiger partial charge in [-0.2, -0.15) is 0 Å². The van der Waals surface area contributed by atoms with E-state index in [4.69, 9.17) is 27.9 Å². The average molecular weight is 402 g/mol. The molecule has 0 aromatic heterocycles. The normalized spacial score (nSPS) is 17.7. The molecule has 0 bridgehead atoms. The number of amides is 2. The molecule has 1 saturated heterocycles. The number of nitrogens with one attached hydrogen (secondary N) is 2. The van der Waals surface area contributed by atoms with Crippen molar-refractivity contribution in [3.63, 3.8) is 0 Å². The summed E-state index contributed by atoms with van der Waals surface area (Å²) >= 11 is 11.9. The van der Waals surface area contributed by atoms with Gasteiger partial charge in [-0.3, -0.25) is 9.59 Å². The molecule has 1 aliphatic heterocycles. The lowest BCUT2D eigenvalue weighted by molar-refractivity contribution is -0.120. The fraction of sp³-hybridized carbons (Fsp3) is 0.556. The first-order chi connectivity index (χ1) is 12.5. The Morgan fingerprint density at radius 2 is 2.12 bits per heavy atom. The lowest BCUT2D eigenvalue weighted by Gasteiger charge is -2.32. The van der Waals surface area contributed by atoms with Gasteiger partial charge in [0.2, 0.25) is 5.91 Å². The first-order valence-electron chi connectivity index (χ1n) is 8.71. The second kappa shape index (κ2) is 10.7. The highest BCUT2D eigenvalue weighted by molar-refractivity contribution is 6.35. The van der Waals surface area contributed by atoms with Gasteiger partial charge in [0.25, 0.3) is 5.91 Å². The second-order valence-electron chi connectivity index (χ2n) is 6.41. The number of piperidine rings is 1. The first kappa shape index (κ1) is 21.0. The number of methoxy groups -OCH3 is 1. The van der Waals surface area contributed by atoms with Gasteiger partial charge in [-0.1, -0.05) is 23.2 Å². The van der Waals surface area contributed by atoms with Gasteiger partial charge in [0.1, 0.15) is 0 Å². The Bertz CT molecular complexity index is 628. The molecular weight excluding hydrogens is 377 g/mol. The van der Waals surface area contributed by atoms with E-state index in [2.05, 4.69) is 15.5 Å². The fourth-order valence-corrected chi connectivity index (χ4v) is 3.36. The van der Waals surface area contributed by atoms with E-state index < -0.39 is 5.91 Å². The molecule has 1 aliphatic rings. The number of nitrogens with zero attached hydrogens (tertiary/aromatic N) is 1. The topological polar surface area (TPSA) is 70.7 Å². The third kappa shape index (κ3) is 6.76. The largest absolute Gasteiger partial charge is 0.383 e. The zero-order valence-corrected chi connectivity index (χ0v) is 16.4. The standard InChI is InChI=1S/C18H25Cl2N3O3/c1-26-8-7-23-6-2-3-13(12-23)10-21-17(24)11-22-18(25)15-9-14(19)4-5-16(15)20/h4-5,9,13H,2-3,6-8,10-12H2,1H3,(H,21,24)(H,22,25)/t13-/m0/s1. The number of likely N-dealkylation sites (tertiary alicyclic amines) is 1. The van der Waals surface area contributed by atoms with Gasteiger partial charge in [0, 0.05) is 31.8 Å². The Labute approximate surface area is 164 Å². The monoisotopic (exact) mass is 401 g/mol. The van der Waals surface area contributed by atoms with Gasteiger partial charge >= 0.3 is 0 Å². The van der Waals surface area contributed by atoms with E-state index in [0.29, 0.717) is 22.5 Å². The van der Waals surface area contributed by atoms with E-state index in [1.54, 1.807) is 19.2 Å². The van der Waals surface area contributed by atoms with Crippen molar-refractivity contribution in [2.45, 2.75) is 12.8 Å². The van der Waals surface area contributed by atoms with E-state index in [0.717, 1.165) is 39.1 Å². The molecular formula is C18H25Cl2N3O3. The summed E-state index contributed by atoms with van der Waals surface area (Å²) < 4.78 is 5.12. The second-order valence-corrected chi connectivity index (χ2v) is 7.26. The minimum Gasteiger partial charge on any atom is -0.383 e. The summed E-state index contributed by atoms with van der Waals surface area (Å²) in [7, 11) is 1.70. The highest BCUT2D eigenvalue weighted by Crippen LogP contribution is 2.20. The van der Waals surface area contributed by atoms with Crippen molar-refractivity contribution in [2.24, 2.45) is 5.92 Å². The highest BCUT2D eigenvalue weighted by Gasteiger charge is 2.20. The van der Waals surface area contributed by atoms with E-state index >= 15 is 0 Å². The first-order valence-corrected chi connectivity index (χ1v) is 9.46. The van der Waals surface area contributed by atoms with Crippen LogP contribution in [0.3, 0.4) is 0 Å². The van der Waals surface area contributed by atoms with Crippen molar-refractivity contribution in [2.75, 3.05) is 46.4 Å². The zero-order chi connectivity index (χ0) is 18.9. The summed E-state index contributed by atoms with van der Waals surface area (Å²) in [6.07, 6.45) is 2.21. The van der Waals surface area contributed by atoms with Crippen molar-refractivity contribution in [3.8, 4) is 0 Å². The Balaban J connectivity index is 1.71. The zero-order valence-electron chi connectivity index (χ0n) is 14.9. The molecule has 0 unspecified atom stereocenters. The predicted octanol–water partition coefficient (Wildman–Crippen LogP) is 2.20. The van der Waals surface area contributed by atoms with Crippen LogP contribution < -0.4 is 10.6 Å². The maximum Gasteiger partial charge on any atom is 0.253 e. The number of hydrogen-bond acceptors (Lipinski definition) is 4. The smallest absolute Gasteiger partial charge is 0.253 e. The summed E-state index contributed by atoms with van der Waals surface area (Å²) in [6.45, 7) is 4.17. The number of hydrogen-bond donors (Lipinski definition) is 2. The molecule has 0 aliphatic carbocycles. The maximum atomic E-state index is 12.1. The van der Waals surface area contributed by atoms with Crippen LogP contribution in [0, 0.1) is 5.92 Å². The van der Waals surface area contributed by atoms with Crippen molar-refractivity contribution < 1.29 is 14.3 Å². The summed E-state index contributed by atoms with van der Waals surface area (Å²) in [4.78, 5) is 26.5. The number of carbonyl (C=O) groups is 2. The van der Waals surface area contributed by atoms with Crippen LogP contribution in [0.2, 0.25) is 10.0 Å². The van der Waals surface area contributed by atoms with Gasteiger partial charge in [-0.15, -0.1) is 0 Å². The molecule has 2 N–H and O–H groups in total. The summed E-state index contributed by atoms with van der Waals surface area (Å²) in [5, 5.41) is 6.17. The van der Waals surface area contributed by atoms with E-state index in [1.807, 2.05) is 0 Å². The third-order valence-electron chi connectivity index (χ3n) is 4.39. The quantitative estimate of drug-likeness (QED) is 0.700. The summed E-state index contributed by atoms with van der Waals surface area (Å²) in [6, 6.07) is 4.64. The molecule has 1 aromatic rings. The maximum absolute atomic E-state index is 12.1. The van der Waals surface area contributed by atoms with Crippen molar-refractivity contribution in [3.05, 3.63) is 33.8 Å². The van der Waals surface area contributed by atoms with E-state index in [-0.39, 0.29) is 18.0 Å². The lowest BCUT2D eigenvalue weighted by Crippen LogP contribution is -2.44. The Morgan fingerprint density at radius 3 is 2.88 bits per heavy atom. The number of benzene rings is 1. The number of carbonyl (C=O) groups excluding carboxylic acids is 2. The van der Waals surface area contributed by atoms with Crippen molar-refractivity contribution in [1.82, 2.24) is 15.5 Å². The van der Waals surface area contributed by atoms with Crippen LogP contribution in [0.25, 0.3) is 0 Å². The molecule has 2 rings (SSSR count). The van der Waals surface area contributed by atoms with Crippen LogP contribution in [0.1, 0.15) is 23.2 Å². The molecule has 1 fully saturated rings. The SMILES string of the molecule is COCCN1CCC[C@@H](CNC(=O)CNC(=O)c2cc(Cl)ccc2Cl)C1. The van der Waals surface area contributed by atoms with Crippen LogP contribution >= 0.6 is 23.2 Å². The van der Waals surface area contributed by atoms with E-state index in [1.165, 1.54) is 6.07 Å². The number of rotatable bonds is 8. The summed E-state index contributed by atoms with van der Waals surface area (Å²) in [5.41, 5.74) is 0.257. The molecule has 26 heavy (non-hydrogen) atoms. The molecule has 6 nitrogen and oxygen atoms in total. The lowest BCUT2D eigenvalue weighted by atomic mass is 9.98. The van der Waals surface area contributed by atoms with Crippen LogP contribution in [0.5, 0.6) is 0 Å². The Hall–Kier alpha value is -1.34. The average Bonchev–Trinajstić information content (AvgIpc) is 2.65. The van der Waals surface area contributed by atoms with Crippen molar-refractivity contribution in [1.29, 1.82) is 0 Å². The number of halogens is 2. The fourth-order valence-electron chi connectivity index (χ4n) is 2.99. The van der Waals surface area contributed by atoms with Gasteiger partial charge in [0.05, 0.1) is 23.7 Å². The number of ether oxygens (including phenoxy) is 1. The third-order valence-corrected chi connectivity index (χ3v) is 4.95. The van der Waals surface area contributed by atoms with Gasteiger partial charge in [-0.05, 0) is 43.5 Å². The molecule has 1 atom stereocenters. The predicted molar refractivity (Wildman–Crippen MR) is 103 cm³/mol. The van der Waals surface area contributed by atoms with Gasteiger partial charge in [-0.25, -0.2) is 0 Å². The Kier molecular flexibility index (Phi) is 8.65. The van der Waals surface area contributed by atoms with Crippen LogP contribution in [0.4, 0.5) is 0 Å². The van der Waals surface area contributed by atoms with E-state index in [9.17, 15) is 9.59 Å². The molecule has 2 amide bonds. The minimum absolute atomic E-state index is 0.0955. The molecule has 0 spiro atoms. The Morgan fingerprint density at radius 1 is 1.31 bits per heavy atom. The van der Waals surface area contributed by atoms with Gasteiger partial charge in [0.15, 0.2) is 0 Å². The molecule has 0 saturated carbocycles.